The summed E-state index contributed by atoms with van der Waals surface area (Å²) in [5.74, 6) is 0.541. The van der Waals surface area contributed by atoms with Crippen LogP contribution >= 0.6 is 34.5 Å². The van der Waals surface area contributed by atoms with Gasteiger partial charge in [-0.25, -0.2) is 4.98 Å². The summed E-state index contributed by atoms with van der Waals surface area (Å²) >= 11 is 14.4. The third-order valence-corrected chi connectivity index (χ3v) is 11.1. The largest absolute Gasteiger partial charge is 0.480 e. The highest BCUT2D eigenvalue weighted by Crippen LogP contribution is 2.40. The smallest absolute Gasteiger partial charge is 0.321 e. The Labute approximate surface area is 271 Å². The van der Waals surface area contributed by atoms with Crippen LogP contribution < -0.4 is 0 Å². The molecule has 8 heteroatoms. The number of nitrogens with zero attached hydrogens (tertiary/aromatic N) is 3. The summed E-state index contributed by atoms with van der Waals surface area (Å²) in [7, 11) is 0. The SMILES string of the molecule is CCc1nc(Cc2ccc(Cl)cc2Cl)sc1C1CCN(CC2CN(C(C(=O)O)C(C)(C)C)CC2c2cccc(C)c2)CC1. The highest BCUT2D eigenvalue weighted by atomic mass is 35.5. The Balaban J connectivity index is 1.27. The van der Waals surface area contributed by atoms with Gasteiger partial charge in [0.05, 0.1) is 10.7 Å². The van der Waals surface area contributed by atoms with E-state index in [0.29, 0.717) is 27.8 Å². The summed E-state index contributed by atoms with van der Waals surface area (Å²) in [5, 5.41) is 12.7. The maximum Gasteiger partial charge on any atom is 0.321 e. The number of thiazole rings is 1. The van der Waals surface area contributed by atoms with Crippen LogP contribution in [0.3, 0.4) is 0 Å². The minimum atomic E-state index is -0.717. The van der Waals surface area contributed by atoms with E-state index in [0.717, 1.165) is 69.0 Å². The van der Waals surface area contributed by atoms with Crippen LogP contribution in [0.5, 0.6) is 0 Å². The molecule has 0 aliphatic carbocycles. The number of aromatic nitrogens is 1. The first-order valence-electron chi connectivity index (χ1n) is 15.6. The number of halogens is 2. The minimum absolute atomic E-state index is 0.331. The quantitative estimate of drug-likeness (QED) is 0.255. The van der Waals surface area contributed by atoms with Gasteiger partial charge in [-0.05, 0) is 79.8 Å². The number of piperidine rings is 1. The average Bonchev–Trinajstić information content (AvgIpc) is 3.53. The van der Waals surface area contributed by atoms with E-state index in [1.165, 1.54) is 21.7 Å². The van der Waals surface area contributed by atoms with Gasteiger partial charge in [-0.15, -0.1) is 11.3 Å². The second-order valence-electron chi connectivity index (χ2n) is 13.6. The Bertz CT molecular complexity index is 1430. The average molecular weight is 643 g/mol. The summed E-state index contributed by atoms with van der Waals surface area (Å²) in [6, 6.07) is 14.0. The van der Waals surface area contributed by atoms with Gasteiger partial charge in [0, 0.05) is 46.9 Å². The molecule has 2 fully saturated rings. The van der Waals surface area contributed by atoms with E-state index >= 15 is 0 Å². The lowest BCUT2D eigenvalue weighted by atomic mass is 9.85. The first-order valence-corrected chi connectivity index (χ1v) is 17.2. The molecular formula is C35H45Cl2N3O2S. The van der Waals surface area contributed by atoms with Crippen molar-refractivity contribution in [1.82, 2.24) is 14.8 Å². The van der Waals surface area contributed by atoms with Crippen molar-refractivity contribution in [2.45, 2.75) is 78.2 Å². The molecule has 2 aliphatic heterocycles. The standard InChI is InChI=1S/C35H45Cl2N3O2S/c1-6-30-32(43-31(38-30)17-25-10-11-27(36)18-29(25)37)23-12-14-39(15-13-23)19-26-20-40(33(34(41)42)35(3,4)5)21-28(26)24-9-7-8-22(2)16-24/h7-11,16,18,23,26,28,33H,6,12-15,17,19-21H2,1-5H3,(H,41,42). The topological polar surface area (TPSA) is 56.7 Å². The molecule has 2 aromatic carbocycles. The highest BCUT2D eigenvalue weighted by Gasteiger charge is 2.44. The fourth-order valence-electron chi connectivity index (χ4n) is 7.25. The third-order valence-electron chi connectivity index (χ3n) is 9.27. The Morgan fingerprint density at radius 1 is 1.12 bits per heavy atom. The zero-order valence-corrected chi connectivity index (χ0v) is 28.4. The van der Waals surface area contributed by atoms with Gasteiger partial charge in [0.25, 0.3) is 0 Å². The van der Waals surface area contributed by atoms with Crippen molar-refractivity contribution in [3.05, 3.63) is 84.8 Å². The van der Waals surface area contributed by atoms with Crippen LogP contribution in [0.25, 0.3) is 0 Å². The number of hydrogen-bond acceptors (Lipinski definition) is 5. The van der Waals surface area contributed by atoms with Gasteiger partial charge in [0.2, 0.25) is 0 Å². The van der Waals surface area contributed by atoms with Crippen LogP contribution in [-0.4, -0.2) is 64.6 Å². The normalized spacial score (nSPS) is 21.4. The molecule has 0 saturated carbocycles. The van der Waals surface area contributed by atoms with Gasteiger partial charge in [-0.1, -0.05) is 86.8 Å². The number of aliphatic carboxylic acids is 1. The predicted octanol–water partition coefficient (Wildman–Crippen LogP) is 8.31. The van der Waals surface area contributed by atoms with Crippen molar-refractivity contribution in [2.75, 3.05) is 32.7 Å². The van der Waals surface area contributed by atoms with Crippen molar-refractivity contribution in [3.63, 3.8) is 0 Å². The number of carbonyl (C=O) groups is 1. The molecule has 43 heavy (non-hydrogen) atoms. The van der Waals surface area contributed by atoms with Gasteiger partial charge in [0.15, 0.2) is 0 Å². The molecule has 3 heterocycles. The number of hydrogen-bond donors (Lipinski definition) is 1. The molecule has 232 valence electrons. The molecule has 1 aromatic heterocycles. The fourth-order valence-corrected chi connectivity index (χ4v) is 9.08. The van der Waals surface area contributed by atoms with E-state index in [9.17, 15) is 9.90 Å². The zero-order valence-electron chi connectivity index (χ0n) is 26.1. The summed E-state index contributed by atoms with van der Waals surface area (Å²) in [6.45, 7) is 15.2. The summed E-state index contributed by atoms with van der Waals surface area (Å²) < 4.78 is 0. The molecule has 2 saturated heterocycles. The lowest BCUT2D eigenvalue weighted by Crippen LogP contribution is -2.48. The molecule has 3 aromatic rings. The fraction of sp³-hybridized carbons (Fsp3) is 0.543. The van der Waals surface area contributed by atoms with Gasteiger partial charge in [0.1, 0.15) is 6.04 Å². The first-order chi connectivity index (χ1) is 20.4. The molecule has 3 atom stereocenters. The predicted molar refractivity (Wildman–Crippen MR) is 179 cm³/mol. The molecule has 0 bridgehead atoms. The second kappa shape index (κ2) is 13.6. The Hall–Kier alpha value is -1.96. The number of likely N-dealkylation sites (tertiary alicyclic amines) is 2. The third kappa shape index (κ3) is 7.65. The van der Waals surface area contributed by atoms with Crippen molar-refractivity contribution >= 4 is 40.5 Å². The Kier molecular flexibility index (Phi) is 10.2. The number of aryl methyl sites for hydroxylation is 2. The van der Waals surface area contributed by atoms with E-state index in [1.54, 1.807) is 6.07 Å². The van der Waals surface area contributed by atoms with Crippen LogP contribution in [0.2, 0.25) is 10.0 Å². The van der Waals surface area contributed by atoms with Crippen LogP contribution in [0.1, 0.15) is 84.6 Å². The molecule has 0 amide bonds. The van der Waals surface area contributed by atoms with Gasteiger partial charge in [-0.3, -0.25) is 9.69 Å². The second-order valence-corrected chi connectivity index (χ2v) is 15.6. The minimum Gasteiger partial charge on any atom is -0.480 e. The molecule has 0 spiro atoms. The van der Waals surface area contributed by atoms with E-state index in [2.05, 4.69) is 47.9 Å². The summed E-state index contributed by atoms with van der Waals surface area (Å²) in [5.41, 5.74) is 4.56. The zero-order chi connectivity index (χ0) is 30.9. The van der Waals surface area contributed by atoms with E-state index in [-0.39, 0.29) is 5.41 Å². The van der Waals surface area contributed by atoms with Crippen molar-refractivity contribution in [1.29, 1.82) is 0 Å². The van der Waals surface area contributed by atoms with Gasteiger partial charge < -0.3 is 10.0 Å². The number of benzene rings is 2. The van der Waals surface area contributed by atoms with Crippen molar-refractivity contribution < 1.29 is 9.90 Å². The molecule has 1 N–H and O–H groups in total. The molecular weight excluding hydrogens is 597 g/mol. The summed E-state index contributed by atoms with van der Waals surface area (Å²) in [6.07, 6.45) is 3.93. The van der Waals surface area contributed by atoms with E-state index in [4.69, 9.17) is 28.2 Å². The monoisotopic (exact) mass is 641 g/mol. The van der Waals surface area contributed by atoms with Crippen LogP contribution in [0, 0.1) is 18.3 Å². The van der Waals surface area contributed by atoms with E-state index < -0.39 is 12.0 Å². The van der Waals surface area contributed by atoms with Crippen molar-refractivity contribution in [3.8, 4) is 0 Å². The van der Waals surface area contributed by atoms with Crippen LogP contribution in [-0.2, 0) is 17.6 Å². The number of rotatable bonds is 9. The van der Waals surface area contributed by atoms with Crippen LogP contribution in [0.4, 0.5) is 0 Å². The Morgan fingerprint density at radius 3 is 2.49 bits per heavy atom. The molecule has 5 nitrogen and oxygen atoms in total. The Morgan fingerprint density at radius 2 is 1.86 bits per heavy atom. The highest BCUT2D eigenvalue weighted by molar-refractivity contribution is 7.11. The lowest BCUT2D eigenvalue weighted by Gasteiger charge is -2.36. The van der Waals surface area contributed by atoms with Gasteiger partial charge in [-0.2, -0.15) is 0 Å². The molecule has 5 rings (SSSR count). The number of carboxylic acid groups (broad SMARTS) is 1. The molecule has 2 aliphatic rings. The molecule has 3 unspecified atom stereocenters. The van der Waals surface area contributed by atoms with Crippen LogP contribution in [0.15, 0.2) is 42.5 Å². The molecule has 0 radical (unpaired) electrons. The number of carboxylic acids is 1. The lowest BCUT2D eigenvalue weighted by molar-refractivity contribution is -0.147. The van der Waals surface area contributed by atoms with E-state index in [1.807, 2.05) is 44.2 Å². The van der Waals surface area contributed by atoms with Gasteiger partial charge >= 0.3 is 5.97 Å². The van der Waals surface area contributed by atoms with Crippen molar-refractivity contribution in [2.24, 2.45) is 11.3 Å². The first kappa shape index (κ1) is 32.4. The maximum atomic E-state index is 12.4. The maximum absolute atomic E-state index is 12.4. The summed E-state index contributed by atoms with van der Waals surface area (Å²) in [4.78, 5) is 23.8.